The van der Waals surface area contributed by atoms with Gasteiger partial charge in [0.2, 0.25) is 0 Å². The summed E-state index contributed by atoms with van der Waals surface area (Å²) in [6, 6.07) is 0. The molecule has 0 N–H and O–H groups in total. The highest BCUT2D eigenvalue weighted by atomic mass is 32.1. The van der Waals surface area contributed by atoms with Crippen molar-refractivity contribution in [3.8, 4) is 0 Å². The van der Waals surface area contributed by atoms with E-state index in [4.69, 9.17) is 0 Å². The molecular formula is C11H13NS. The van der Waals surface area contributed by atoms with Crippen molar-refractivity contribution in [2.75, 3.05) is 0 Å². The highest BCUT2D eigenvalue weighted by Gasteiger charge is 2.07. The summed E-state index contributed by atoms with van der Waals surface area (Å²) in [7, 11) is 0. The summed E-state index contributed by atoms with van der Waals surface area (Å²) in [6.45, 7) is 2.16. The Morgan fingerprint density at radius 2 is 2.38 bits per heavy atom. The topological polar surface area (TPSA) is 12.9 Å². The van der Waals surface area contributed by atoms with Crippen LogP contribution in [0.5, 0.6) is 0 Å². The van der Waals surface area contributed by atoms with Crippen molar-refractivity contribution in [3.63, 3.8) is 0 Å². The maximum atomic E-state index is 4.57. The molecule has 0 aromatic carbocycles. The lowest BCUT2D eigenvalue weighted by Gasteiger charge is -1.96. The second kappa shape index (κ2) is 3.88. The van der Waals surface area contributed by atoms with Gasteiger partial charge in [0.25, 0.3) is 0 Å². The average Bonchev–Trinajstić information content (AvgIpc) is 2.47. The number of allylic oxidation sites excluding steroid dienone is 3. The molecule has 0 unspecified atom stereocenters. The van der Waals surface area contributed by atoms with Crippen molar-refractivity contribution in [2.24, 2.45) is 0 Å². The fourth-order valence-electron chi connectivity index (χ4n) is 1.41. The van der Waals surface area contributed by atoms with Crippen LogP contribution in [0.15, 0.2) is 18.2 Å². The first-order valence-electron chi connectivity index (χ1n) is 4.72. The molecule has 0 fully saturated rings. The van der Waals surface area contributed by atoms with Crippen LogP contribution in [0.3, 0.4) is 0 Å². The van der Waals surface area contributed by atoms with E-state index in [0.717, 1.165) is 19.3 Å². The molecule has 0 saturated heterocycles. The Labute approximate surface area is 82.8 Å². The number of rotatable bonds is 1. The van der Waals surface area contributed by atoms with Gasteiger partial charge in [0.05, 0.1) is 10.7 Å². The fourth-order valence-corrected chi connectivity index (χ4v) is 2.42. The van der Waals surface area contributed by atoms with Gasteiger partial charge in [-0.2, -0.15) is 0 Å². The van der Waals surface area contributed by atoms with Crippen molar-refractivity contribution in [2.45, 2.75) is 26.2 Å². The molecule has 0 bridgehead atoms. The molecule has 13 heavy (non-hydrogen) atoms. The normalized spacial score (nSPS) is 17.6. The molecule has 68 valence electrons. The third-order valence-corrected chi connectivity index (χ3v) is 3.39. The van der Waals surface area contributed by atoms with Crippen LogP contribution < -0.4 is 0 Å². The lowest BCUT2D eigenvalue weighted by molar-refractivity contribution is 1.01. The Kier molecular flexibility index (Phi) is 2.60. The third kappa shape index (κ3) is 1.89. The van der Waals surface area contributed by atoms with Gasteiger partial charge in [-0.1, -0.05) is 25.2 Å². The second-order valence-corrected chi connectivity index (χ2v) is 4.26. The Balaban J connectivity index is 2.36. The van der Waals surface area contributed by atoms with E-state index in [9.17, 15) is 0 Å². The van der Waals surface area contributed by atoms with Crippen LogP contribution in [0, 0.1) is 0 Å². The molecule has 2 rings (SSSR count). The Morgan fingerprint density at radius 3 is 3.23 bits per heavy atom. The molecule has 1 nitrogen and oxygen atoms in total. The minimum absolute atomic E-state index is 1.05. The Morgan fingerprint density at radius 1 is 1.46 bits per heavy atom. The zero-order chi connectivity index (χ0) is 9.10. The summed E-state index contributed by atoms with van der Waals surface area (Å²) < 4.78 is 0. The molecule has 0 aliphatic heterocycles. The van der Waals surface area contributed by atoms with Gasteiger partial charge in [-0.15, -0.1) is 11.3 Å². The number of hydrogen-bond donors (Lipinski definition) is 0. The van der Waals surface area contributed by atoms with Gasteiger partial charge in [-0.25, -0.2) is 4.98 Å². The van der Waals surface area contributed by atoms with Gasteiger partial charge >= 0.3 is 0 Å². The van der Waals surface area contributed by atoms with Crippen molar-refractivity contribution in [1.82, 2.24) is 4.98 Å². The van der Waals surface area contributed by atoms with Crippen LogP contribution in [0.1, 0.15) is 28.9 Å². The standard InChI is InChI=1S/C11H13NS/c1-2-11-12-9-7-5-3-4-6-8-10(9)13-11/h3-5,7H,2,6,8H2,1H3/b4-3?,7-5-. The second-order valence-electron chi connectivity index (χ2n) is 3.10. The maximum absolute atomic E-state index is 4.57. The molecule has 0 saturated carbocycles. The molecule has 1 heterocycles. The largest absolute Gasteiger partial charge is 0.242 e. The molecule has 1 aromatic heterocycles. The number of hydrogen-bond acceptors (Lipinski definition) is 2. The lowest BCUT2D eigenvalue weighted by Crippen LogP contribution is -1.85. The third-order valence-electron chi connectivity index (χ3n) is 2.11. The number of fused-ring (bicyclic) bond motifs is 1. The number of aryl methyl sites for hydroxylation is 2. The first kappa shape index (κ1) is 8.70. The monoisotopic (exact) mass is 191 g/mol. The van der Waals surface area contributed by atoms with E-state index in [1.54, 1.807) is 0 Å². The van der Waals surface area contributed by atoms with Crippen molar-refractivity contribution >= 4 is 17.4 Å². The van der Waals surface area contributed by atoms with Crippen LogP contribution in [0.25, 0.3) is 6.08 Å². The van der Waals surface area contributed by atoms with Crippen molar-refractivity contribution in [1.29, 1.82) is 0 Å². The van der Waals surface area contributed by atoms with Gasteiger partial charge in [-0.3, -0.25) is 0 Å². The molecule has 1 aliphatic carbocycles. The van der Waals surface area contributed by atoms with Crippen LogP contribution in [-0.2, 0) is 12.8 Å². The van der Waals surface area contributed by atoms with E-state index >= 15 is 0 Å². The Bertz CT molecular complexity index is 347. The van der Waals surface area contributed by atoms with E-state index in [2.05, 4.69) is 36.2 Å². The SMILES string of the molecule is CCc1nc2c(s1)CCC=C/C=C\2. The highest BCUT2D eigenvalue weighted by Crippen LogP contribution is 2.23. The quantitative estimate of drug-likeness (QED) is 0.664. The summed E-state index contributed by atoms with van der Waals surface area (Å²) in [5.41, 5.74) is 1.19. The van der Waals surface area contributed by atoms with Crippen LogP contribution in [0.4, 0.5) is 0 Å². The lowest BCUT2D eigenvalue weighted by atomic mass is 10.2. The minimum Gasteiger partial charge on any atom is -0.242 e. The number of aromatic nitrogens is 1. The predicted octanol–water partition coefficient (Wildman–Crippen LogP) is 3.22. The van der Waals surface area contributed by atoms with Gasteiger partial charge in [0.15, 0.2) is 0 Å². The van der Waals surface area contributed by atoms with Crippen LogP contribution >= 0.6 is 11.3 Å². The molecular weight excluding hydrogens is 178 g/mol. The number of thiazole rings is 1. The van der Waals surface area contributed by atoms with E-state index in [1.807, 2.05) is 11.3 Å². The van der Waals surface area contributed by atoms with Gasteiger partial charge in [0.1, 0.15) is 0 Å². The molecule has 1 aromatic rings. The summed E-state index contributed by atoms with van der Waals surface area (Å²) in [4.78, 5) is 6.01. The van der Waals surface area contributed by atoms with Crippen LogP contribution in [0.2, 0.25) is 0 Å². The molecule has 2 heteroatoms. The summed E-state index contributed by atoms with van der Waals surface area (Å²) in [6.07, 6.45) is 11.9. The first-order valence-corrected chi connectivity index (χ1v) is 5.53. The van der Waals surface area contributed by atoms with E-state index < -0.39 is 0 Å². The van der Waals surface area contributed by atoms with Gasteiger partial charge in [-0.05, 0) is 25.3 Å². The van der Waals surface area contributed by atoms with E-state index in [0.29, 0.717) is 0 Å². The summed E-state index contributed by atoms with van der Waals surface area (Å²) >= 11 is 1.86. The Hall–Kier alpha value is -0.890. The van der Waals surface area contributed by atoms with Crippen molar-refractivity contribution < 1.29 is 0 Å². The minimum atomic E-state index is 1.05. The fraction of sp³-hybridized carbons (Fsp3) is 0.364. The predicted molar refractivity (Wildman–Crippen MR) is 58.0 cm³/mol. The zero-order valence-corrected chi connectivity index (χ0v) is 8.60. The van der Waals surface area contributed by atoms with Gasteiger partial charge < -0.3 is 0 Å². The van der Waals surface area contributed by atoms with E-state index in [1.165, 1.54) is 15.6 Å². The maximum Gasteiger partial charge on any atom is 0.0932 e. The molecule has 0 spiro atoms. The number of nitrogens with zero attached hydrogens (tertiary/aromatic N) is 1. The molecule has 1 aliphatic rings. The smallest absolute Gasteiger partial charge is 0.0932 e. The summed E-state index contributed by atoms with van der Waals surface area (Å²) in [5, 5.41) is 1.26. The van der Waals surface area contributed by atoms with Crippen LogP contribution in [-0.4, -0.2) is 4.98 Å². The average molecular weight is 191 g/mol. The highest BCUT2D eigenvalue weighted by molar-refractivity contribution is 7.11. The summed E-state index contributed by atoms with van der Waals surface area (Å²) in [5.74, 6) is 0. The zero-order valence-electron chi connectivity index (χ0n) is 7.79. The van der Waals surface area contributed by atoms with E-state index in [-0.39, 0.29) is 0 Å². The molecule has 0 radical (unpaired) electrons. The van der Waals surface area contributed by atoms with Gasteiger partial charge in [0, 0.05) is 4.88 Å². The van der Waals surface area contributed by atoms with Crippen molar-refractivity contribution in [3.05, 3.63) is 33.8 Å². The molecule has 0 amide bonds. The first-order chi connectivity index (χ1) is 6.40. The molecule has 0 atom stereocenters.